The molecule has 0 aliphatic carbocycles. The molecule has 0 atom stereocenters. The number of nitro benzene ring substituents is 1. The molecular formula is C14H17N3O6. The fraction of sp³-hybridized carbons (Fsp3) is 0.357. The Morgan fingerprint density at radius 1 is 1.30 bits per heavy atom. The molecule has 1 aromatic carbocycles. The van der Waals surface area contributed by atoms with E-state index in [1.165, 1.54) is 25.1 Å². The average molecular weight is 323 g/mol. The van der Waals surface area contributed by atoms with Crippen LogP contribution in [0.1, 0.15) is 29.3 Å². The summed E-state index contributed by atoms with van der Waals surface area (Å²) in [5, 5.41) is 15.1. The van der Waals surface area contributed by atoms with Gasteiger partial charge in [0.25, 0.3) is 11.6 Å². The summed E-state index contributed by atoms with van der Waals surface area (Å²) in [5.74, 6) is -1.59. The highest BCUT2D eigenvalue weighted by molar-refractivity contribution is 5.97. The molecule has 0 bridgehead atoms. The van der Waals surface area contributed by atoms with E-state index in [0.717, 1.165) is 6.42 Å². The molecule has 9 nitrogen and oxygen atoms in total. The largest absolute Gasteiger partial charge is 0.452 e. The number of imide groups is 1. The lowest BCUT2D eigenvalue weighted by Gasteiger charge is -2.07. The van der Waals surface area contributed by atoms with E-state index in [1.54, 1.807) is 0 Å². The average Bonchev–Trinajstić information content (AvgIpc) is 2.50. The third-order valence-corrected chi connectivity index (χ3v) is 2.75. The number of hydrogen-bond donors (Lipinski definition) is 2. The van der Waals surface area contributed by atoms with Crippen LogP contribution in [-0.2, 0) is 9.53 Å². The lowest BCUT2D eigenvalue weighted by atomic mass is 10.1. The summed E-state index contributed by atoms with van der Waals surface area (Å²) in [6.45, 7) is 3.13. The van der Waals surface area contributed by atoms with Gasteiger partial charge in [0.05, 0.1) is 10.5 Å². The van der Waals surface area contributed by atoms with Crippen LogP contribution in [0.2, 0.25) is 0 Å². The summed E-state index contributed by atoms with van der Waals surface area (Å²) < 4.78 is 4.75. The van der Waals surface area contributed by atoms with Crippen LogP contribution in [0, 0.1) is 17.0 Å². The second-order valence-corrected chi connectivity index (χ2v) is 4.64. The first-order chi connectivity index (χ1) is 10.8. The van der Waals surface area contributed by atoms with Gasteiger partial charge in [0.1, 0.15) is 0 Å². The molecule has 23 heavy (non-hydrogen) atoms. The number of benzene rings is 1. The lowest BCUT2D eigenvalue weighted by molar-refractivity contribution is -0.385. The second kappa shape index (κ2) is 8.47. The Hall–Kier alpha value is -2.97. The number of urea groups is 1. The van der Waals surface area contributed by atoms with Crippen LogP contribution in [-0.4, -0.2) is 36.0 Å². The minimum absolute atomic E-state index is 0.0799. The van der Waals surface area contributed by atoms with Crippen LogP contribution in [0.4, 0.5) is 10.5 Å². The number of aryl methyl sites for hydroxylation is 1. The Bertz CT molecular complexity index is 629. The number of carbonyl (C=O) groups is 3. The van der Waals surface area contributed by atoms with Crippen molar-refractivity contribution < 1.29 is 24.0 Å². The van der Waals surface area contributed by atoms with Crippen LogP contribution in [0.25, 0.3) is 0 Å². The zero-order valence-corrected chi connectivity index (χ0v) is 12.8. The van der Waals surface area contributed by atoms with Crippen molar-refractivity contribution in [2.75, 3.05) is 13.2 Å². The summed E-state index contributed by atoms with van der Waals surface area (Å²) in [7, 11) is 0. The first-order valence-corrected chi connectivity index (χ1v) is 6.85. The fourth-order valence-corrected chi connectivity index (χ4v) is 1.65. The van der Waals surface area contributed by atoms with Gasteiger partial charge in [-0.2, -0.15) is 0 Å². The van der Waals surface area contributed by atoms with Crippen LogP contribution in [0.5, 0.6) is 0 Å². The van der Waals surface area contributed by atoms with E-state index in [4.69, 9.17) is 4.74 Å². The summed E-state index contributed by atoms with van der Waals surface area (Å²) in [4.78, 5) is 44.5. The number of ether oxygens (including phenoxy) is 1. The van der Waals surface area contributed by atoms with E-state index in [9.17, 15) is 24.5 Å². The van der Waals surface area contributed by atoms with Gasteiger partial charge in [-0.25, -0.2) is 9.59 Å². The molecule has 9 heteroatoms. The van der Waals surface area contributed by atoms with Gasteiger partial charge in [-0.3, -0.25) is 20.2 Å². The molecule has 0 fully saturated rings. The van der Waals surface area contributed by atoms with E-state index in [2.05, 4.69) is 5.32 Å². The van der Waals surface area contributed by atoms with Gasteiger partial charge in [-0.05, 0) is 25.5 Å². The smallest absolute Gasteiger partial charge is 0.338 e. The minimum atomic E-state index is -0.813. The molecule has 0 aromatic heterocycles. The topological polar surface area (TPSA) is 128 Å². The molecule has 0 aliphatic rings. The van der Waals surface area contributed by atoms with Crippen molar-refractivity contribution >= 4 is 23.6 Å². The van der Waals surface area contributed by atoms with E-state index >= 15 is 0 Å². The van der Waals surface area contributed by atoms with Crippen LogP contribution >= 0.6 is 0 Å². The molecule has 0 unspecified atom stereocenters. The number of rotatable bonds is 6. The van der Waals surface area contributed by atoms with Gasteiger partial charge in [0.2, 0.25) is 0 Å². The van der Waals surface area contributed by atoms with Gasteiger partial charge >= 0.3 is 12.0 Å². The zero-order valence-electron chi connectivity index (χ0n) is 12.8. The predicted octanol–water partition coefficient (Wildman–Crippen LogP) is 1.30. The molecule has 2 N–H and O–H groups in total. The van der Waals surface area contributed by atoms with E-state index in [1.807, 2.05) is 12.2 Å². The maximum atomic E-state index is 11.8. The van der Waals surface area contributed by atoms with Crippen molar-refractivity contribution in [1.82, 2.24) is 10.6 Å². The second-order valence-electron chi connectivity index (χ2n) is 4.64. The maximum Gasteiger partial charge on any atom is 0.338 e. The Labute approximate surface area is 132 Å². The summed E-state index contributed by atoms with van der Waals surface area (Å²) in [6.07, 6.45) is 0.718. The Balaban J connectivity index is 2.53. The van der Waals surface area contributed by atoms with Crippen molar-refractivity contribution in [1.29, 1.82) is 0 Å². The Morgan fingerprint density at radius 3 is 2.57 bits per heavy atom. The third kappa shape index (κ3) is 5.73. The number of carbonyl (C=O) groups excluding carboxylic acids is 3. The van der Waals surface area contributed by atoms with E-state index in [-0.39, 0.29) is 11.3 Å². The monoisotopic (exact) mass is 323 g/mol. The zero-order chi connectivity index (χ0) is 17.4. The van der Waals surface area contributed by atoms with Gasteiger partial charge in [0.15, 0.2) is 6.61 Å². The molecule has 0 saturated heterocycles. The Kier molecular flexibility index (Phi) is 6.66. The minimum Gasteiger partial charge on any atom is -0.452 e. The van der Waals surface area contributed by atoms with Gasteiger partial charge in [-0.1, -0.05) is 6.92 Å². The summed E-state index contributed by atoms with van der Waals surface area (Å²) >= 11 is 0. The molecule has 0 aliphatic heterocycles. The quantitative estimate of drug-likeness (QED) is 0.461. The molecule has 0 saturated carbocycles. The predicted molar refractivity (Wildman–Crippen MR) is 79.9 cm³/mol. The highest BCUT2D eigenvalue weighted by atomic mass is 16.6. The van der Waals surface area contributed by atoms with Crippen molar-refractivity contribution in [3.8, 4) is 0 Å². The first-order valence-electron chi connectivity index (χ1n) is 6.85. The molecule has 0 radical (unpaired) electrons. The number of hydrogen-bond acceptors (Lipinski definition) is 6. The fourth-order valence-electron chi connectivity index (χ4n) is 1.65. The van der Waals surface area contributed by atoms with Crippen LogP contribution in [0.15, 0.2) is 18.2 Å². The molecule has 3 amide bonds. The highest BCUT2D eigenvalue weighted by Gasteiger charge is 2.16. The number of nitrogens with one attached hydrogen (secondary N) is 2. The molecule has 124 valence electrons. The maximum absolute atomic E-state index is 11.8. The van der Waals surface area contributed by atoms with E-state index < -0.39 is 29.4 Å². The van der Waals surface area contributed by atoms with Crippen molar-refractivity contribution in [2.45, 2.75) is 20.3 Å². The molecule has 1 aromatic rings. The van der Waals surface area contributed by atoms with Crippen molar-refractivity contribution in [3.05, 3.63) is 39.4 Å². The molecular weight excluding hydrogens is 306 g/mol. The number of nitrogens with zero attached hydrogens (tertiary/aromatic N) is 1. The number of esters is 1. The number of amides is 3. The van der Waals surface area contributed by atoms with Crippen molar-refractivity contribution in [2.24, 2.45) is 0 Å². The van der Waals surface area contributed by atoms with Crippen molar-refractivity contribution in [3.63, 3.8) is 0 Å². The first kappa shape index (κ1) is 18.1. The van der Waals surface area contributed by atoms with Gasteiger partial charge in [-0.15, -0.1) is 0 Å². The highest BCUT2D eigenvalue weighted by Crippen LogP contribution is 2.19. The Morgan fingerprint density at radius 2 is 2.00 bits per heavy atom. The van der Waals surface area contributed by atoms with Gasteiger partial charge < -0.3 is 10.1 Å². The van der Waals surface area contributed by atoms with Crippen LogP contribution < -0.4 is 10.6 Å². The molecule has 0 spiro atoms. The lowest BCUT2D eigenvalue weighted by Crippen LogP contribution is -2.41. The van der Waals surface area contributed by atoms with Crippen LogP contribution in [0.3, 0.4) is 0 Å². The number of nitro groups is 1. The molecule has 1 rings (SSSR count). The van der Waals surface area contributed by atoms with E-state index in [0.29, 0.717) is 12.1 Å². The van der Waals surface area contributed by atoms with Gasteiger partial charge in [0, 0.05) is 18.2 Å². The SMILES string of the molecule is CCCNC(=O)NC(=O)COC(=O)c1ccc([N+](=O)[O-])c(C)c1. The third-order valence-electron chi connectivity index (χ3n) is 2.75. The molecule has 0 heterocycles. The summed E-state index contributed by atoms with van der Waals surface area (Å²) in [5.41, 5.74) is 0.260. The summed E-state index contributed by atoms with van der Waals surface area (Å²) in [6, 6.07) is 3.05. The standard InChI is InChI=1S/C14H17N3O6/c1-3-6-15-14(20)16-12(18)8-23-13(19)10-4-5-11(17(21)22)9(2)7-10/h4-5,7H,3,6,8H2,1-2H3,(H2,15,16,18,20). The normalized spacial score (nSPS) is 9.83.